The van der Waals surface area contributed by atoms with Gasteiger partial charge in [-0.1, -0.05) is 0 Å². The number of carbonyl (C=O) groups is 2. The minimum atomic E-state index is -2.81. The van der Waals surface area contributed by atoms with Gasteiger partial charge in [0, 0.05) is 6.92 Å². The van der Waals surface area contributed by atoms with Crippen LogP contribution in [0, 0.1) is 0 Å². The molecule has 0 rings (SSSR count). The van der Waals surface area contributed by atoms with Gasteiger partial charge in [0.2, 0.25) is 0 Å². The number of nitrogens with zero attached hydrogens (tertiary/aromatic N) is 1. The molecular formula is C9H18NO4+. The quantitative estimate of drug-likeness (QED) is 0.575. The molecule has 0 aliphatic rings. The fourth-order valence-electron chi connectivity index (χ4n) is 1.13. The summed E-state index contributed by atoms with van der Waals surface area (Å²) in [4.78, 5) is 21.5. The van der Waals surface area contributed by atoms with Gasteiger partial charge in [0.15, 0.2) is 5.78 Å². The highest BCUT2D eigenvalue weighted by Gasteiger charge is 2.23. The number of hydrogen-bond acceptors (Lipinski definition) is 3. The van der Waals surface area contributed by atoms with Gasteiger partial charge >= 0.3 is 5.97 Å². The van der Waals surface area contributed by atoms with Crippen LogP contribution in [0.2, 0.25) is 0 Å². The minimum Gasteiger partial charge on any atom is -0.481 e. The van der Waals surface area contributed by atoms with E-state index in [4.69, 9.17) is 9.22 Å². The molecule has 1 atom stereocenters. The molecule has 5 nitrogen and oxygen atoms in total. The Hall–Kier alpha value is -0.940. The number of aliphatic hydroxyl groups is 1. The minimum absolute atomic E-state index is 0.242. The third kappa shape index (κ3) is 6.56. The second kappa shape index (κ2) is 5.07. The second-order valence-corrected chi connectivity index (χ2v) is 3.67. The fraction of sp³-hybridized carbons (Fsp3) is 0.778. The average molecular weight is 207 g/mol. The molecule has 0 aliphatic carbocycles. The lowest BCUT2D eigenvalue weighted by atomic mass is 10.2. The van der Waals surface area contributed by atoms with E-state index in [0.29, 0.717) is 0 Å². The van der Waals surface area contributed by atoms with Crippen molar-refractivity contribution in [3.8, 4) is 0 Å². The molecule has 0 radical (unpaired) electrons. The zero-order valence-corrected chi connectivity index (χ0v) is 8.57. The van der Waals surface area contributed by atoms with Crippen molar-refractivity contribution in [1.82, 2.24) is 0 Å². The van der Waals surface area contributed by atoms with E-state index < -0.39 is 29.5 Å². The summed E-state index contributed by atoms with van der Waals surface area (Å²) in [6.45, 7) is -1.57. The number of carbonyl (C=O) groups excluding carboxylic acids is 1. The van der Waals surface area contributed by atoms with Crippen LogP contribution in [0.3, 0.4) is 0 Å². The smallest absolute Gasteiger partial charge is 0.306 e. The molecule has 14 heavy (non-hydrogen) atoms. The summed E-state index contributed by atoms with van der Waals surface area (Å²) in [5, 5.41) is 18.2. The molecule has 0 spiro atoms. The van der Waals surface area contributed by atoms with Gasteiger partial charge < -0.3 is 14.7 Å². The van der Waals surface area contributed by atoms with Crippen LogP contribution in [-0.2, 0) is 9.59 Å². The van der Waals surface area contributed by atoms with Gasteiger partial charge in [0.25, 0.3) is 0 Å². The van der Waals surface area contributed by atoms with Crippen molar-refractivity contribution in [3.63, 3.8) is 0 Å². The van der Waals surface area contributed by atoms with Gasteiger partial charge in [-0.25, -0.2) is 0 Å². The first-order valence-electron chi connectivity index (χ1n) is 5.60. The van der Waals surface area contributed by atoms with Crippen molar-refractivity contribution >= 4 is 11.8 Å². The van der Waals surface area contributed by atoms with Gasteiger partial charge in [-0.05, 0) is 0 Å². The normalized spacial score (nSPS) is 20.1. The summed E-state index contributed by atoms with van der Waals surface area (Å²) in [5.74, 6) is -1.79. The Kier molecular flexibility index (Phi) is 3.03. The van der Waals surface area contributed by atoms with Crippen LogP contribution in [0.5, 0.6) is 0 Å². The number of carboxylic acid groups (broad SMARTS) is 1. The Bertz CT molecular complexity index is 298. The predicted octanol–water partition coefficient (Wildman–Crippen LogP) is -0.513. The number of rotatable bonds is 6. The maximum Gasteiger partial charge on any atom is 0.306 e. The molecule has 5 heteroatoms. The van der Waals surface area contributed by atoms with Crippen molar-refractivity contribution < 1.29 is 28.4 Å². The number of Topliss-reactive ketones (excluding diaryl/α,β-unsaturated/α-hetero) is 1. The Morgan fingerprint density at radius 1 is 1.57 bits per heavy atom. The average Bonchev–Trinajstić information content (AvgIpc) is 1.97. The molecule has 0 aromatic rings. The number of ketones is 1. The third-order valence-electron chi connectivity index (χ3n) is 1.37. The number of carboxylic acids is 1. The molecule has 1 unspecified atom stereocenters. The topological polar surface area (TPSA) is 74.6 Å². The van der Waals surface area contributed by atoms with Gasteiger partial charge in [-0.3, -0.25) is 9.59 Å². The van der Waals surface area contributed by atoms with E-state index >= 15 is 0 Å². The SMILES string of the molecule is [2H]C(O)(CC(=O)O)C([2H])([2H])[N+](C)(C)CC(C)=O. The fourth-order valence-corrected chi connectivity index (χ4v) is 1.13. The molecule has 0 amide bonds. The summed E-state index contributed by atoms with van der Waals surface area (Å²) in [6, 6.07) is 0. The maximum atomic E-state index is 11.0. The van der Waals surface area contributed by atoms with Crippen molar-refractivity contribution in [2.24, 2.45) is 0 Å². The molecule has 0 bridgehead atoms. The molecule has 0 fully saturated rings. The molecule has 0 aliphatic heterocycles. The van der Waals surface area contributed by atoms with E-state index in [1.54, 1.807) is 0 Å². The first-order valence-corrected chi connectivity index (χ1v) is 4.10. The van der Waals surface area contributed by atoms with Crippen molar-refractivity contribution in [2.45, 2.75) is 19.4 Å². The summed E-state index contributed by atoms with van der Waals surface area (Å²) >= 11 is 0. The predicted molar refractivity (Wildman–Crippen MR) is 50.8 cm³/mol. The van der Waals surface area contributed by atoms with E-state index in [1.165, 1.54) is 21.0 Å². The van der Waals surface area contributed by atoms with Crippen molar-refractivity contribution in [2.75, 3.05) is 27.1 Å². The summed E-state index contributed by atoms with van der Waals surface area (Å²) in [5.41, 5.74) is 0. The highest BCUT2D eigenvalue weighted by molar-refractivity contribution is 5.76. The van der Waals surface area contributed by atoms with E-state index in [2.05, 4.69) is 0 Å². The maximum absolute atomic E-state index is 11.0. The van der Waals surface area contributed by atoms with Crippen LogP contribution in [-0.4, -0.2) is 59.7 Å². The molecular weight excluding hydrogens is 186 g/mol. The Labute approximate surface area is 87.8 Å². The second-order valence-electron chi connectivity index (χ2n) is 3.67. The van der Waals surface area contributed by atoms with Gasteiger partial charge in [0.1, 0.15) is 19.1 Å². The summed E-state index contributed by atoms with van der Waals surface area (Å²) in [6.07, 6.45) is -3.86. The highest BCUT2D eigenvalue weighted by atomic mass is 16.4. The van der Waals surface area contributed by atoms with Gasteiger partial charge in [0.05, 0.1) is 24.6 Å². The monoisotopic (exact) mass is 207 g/mol. The Morgan fingerprint density at radius 2 is 2.07 bits per heavy atom. The molecule has 2 N–H and O–H groups in total. The Balaban J connectivity index is 5.22. The van der Waals surface area contributed by atoms with Crippen molar-refractivity contribution in [3.05, 3.63) is 0 Å². The summed E-state index contributed by atoms with van der Waals surface area (Å²) < 4.78 is 22.2. The Morgan fingerprint density at radius 3 is 2.43 bits per heavy atom. The first-order chi connectivity index (χ1) is 7.33. The lowest BCUT2D eigenvalue weighted by Gasteiger charge is -2.30. The van der Waals surface area contributed by atoms with E-state index in [0.717, 1.165) is 0 Å². The number of aliphatic carboxylic acids is 1. The highest BCUT2D eigenvalue weighted by Crippen LogP contribution is 2.03. The third-order valence-corrected chi connectivity index (χ3v) is 1.37. The standard InChI is InChI=1S/C9H17NO4/c1-7(11)5-10(2,3)6-8(12)4-9(13)14/h8,12H,4-6H2,1-3H3/p+1/i6D2,8D. The summed E-state index contributed by atoms with van der Waals surface area (Å²) in [7, 11) is 2.64. The molecule has 0 saturated heterocycles. The largest absolute Gasteiger partial charge is 0.481 e. The number of hydrogen-bond donors (Lipinski definition) is 2. The number of likely N-dealkylation sites (N-methyl/N-ethyl adjacent to an activating group) is 1. The molecule has 0 aromatic carbocycles. The van der Waals surface area contributed by atoms with Crippen molar-refractivity contribution in [1.29, 1.82) is 0 Å². The lowest BCUT2D eigenvalue weighted by Crippen LogP contribution is -2.48. The van der Waals surface area contributed by atoms with E-state index in [-0.39, 0.29) is 12.3 Å². The number of quaternary nitrogens is 1. The molecule has 0 saturated carbocycles. The van der Waals surface area contributed by atoms with Crippen LogP contribution < -0.4 is 0 Å². The van der Waals surface area contributed by atoms with E-state index in [1.807, 2.05) is 0 Å². The van der Waals surface area contributed by atoms with Crippen LogP contribution in [0.25, 0.3) is 0 Å². The molecule has 0 heterocycles. The van der Waals surface area contributed by atoms with Crippen LogP contribution in [0.15, 0.2) is 0 Å². The van der Waals surface area contributed by atoms with Crippen LogP contribution >= 0.6 is 0 Å². The molecule has 0 aromatic heterocycles. The van der Waals surface area contributed by atoms with Crippen LogP contribution in [0.4, 0.5) is 0 Å². The zero-order valence-electron chi connectivity index (χ0n) is 11.6. The van der Waals surface area contributed by atoms with Crippen LogP contribution in [0.1, 0.15) is 17.5 Å². The zero-order chi connectivity index (χ0) is 14.1. The lowest BCUT2D eigenvalue weighted by molar-refractivity contribution is -0.885. The van der Waals surface area contributed by atoms with E-state index in [9.17, 15) is 14.7 Å². The first kappa shape index (κ1) is 8.38. The van der Waals surface area contributed by atoms with Gasteiger partial charge in [-0.2, -0.15) is 0 Å². The van der Waals surface area contributed by atoms with Gasteiger partial charge in [-0.15, -0.1) is 0 Å². The molecule has 82 valence electrons.